The quantitative estimate of drug-likeness (QED) is 0.869. The van der Waals surface area contributed by atoms with Gasteiger partial charge in [-0.3, -0.25) is 0 Å². The summed E-state index contributed by atoms with van der Waals surface area (Å²) in [5, 5.41) is 3.27. The maximum atomic E-state index is 12.8. The summed E-state index contributed by atoms with van der Waals surface area (Å²) in [7, 11) is 0. The smallest absolute Gasteiger partial charge is 0.124 e. The average Bonchev–Trinajstić information content (AvgIpc) is 2.22. The molecule has 0 bridgehead atoms. The largest absolute Gasteiger partial charge is 0.377 e. The maximum Gasteiger partial charge on any atom is 0.124 e. The molecule has 1 aromatic carbocycles. The second-order valence-electron chi connectivity index (χ2n) is 3.63. The van der Waals surface area contributed by atoms with Crippen LogP contribution in [0.5, 0.6) is 0 Å². The Bertz CT molecular complexity index is 333. The average molecular weight is 290 g/mol. The fourth-order valence-electron chi connectivity index (χ4n) is 1.42. The molecule has 1 rings (SSSR count). The van der Waals surface area contributed by atoms with E-state index < -0.39 is 0 Å². The molecule has 0 saturated carbocycles. The highest BCUT2D eigenvalue weighted by atomic mass is 79.9. The van der Waals surface area contributed by atoms with Crippen molar-refractivity contribution in [2.75, 3.05) is 13.2 Å². The molecule has 0 aliphatic carbocycles. The predicted octanol–water partition coefficient (Wildman–Crippen LogP) is 3.10. The number of rotatable bonds is 6. The number of benzene rings is 1. The molecule has 0 heterocycles. The van der Waals surface area contributed by atoms with Gasteiger partial charge < -0.3 is 10.1 Å². The fourth-order valence-corrected chi connectivity index (χ4v) is 1.91. The van der Waals surface area contributed by atoms with Gasteiger partial charge in [-0.05, 0) is 31.5 Å². The maximum absolute atomic E-state index is 12.8. The first-order valence-electron chi connectivity index (χ1n) is 5.39. The van der Waals surface area contributed by atoms with E-state index in [-0.39, 0.29) is 11.9 Å². The van der Waals surface area contributed by atoms with E-state index in [2.05, 4.69) is 21.2 Å². The zero-order chi connectivity index (χ0) is 12.0. The molecule has 16 heavy (non-hydrogen) atoms. The molecule has 0 amide bonds. The van der Waals surface area contributed by atoms with Crippen molar-refractivity contribution in [3.8, 4) is 0 Å². The molecule has 1 N–H and O–H groups in total. The molecule has 0 aromatic heterocycles. The highest BCUT2D eigenvalue weighted by Crippen LogP contribution is 2.17. The molecule has 1 atom stereocenters. The van der Waals surface area contributed by atoms with Gasteiger partial charge in [0.1, 0.15) is 5.82 Å². The number of hydrogen-bond donors (Lipinski definition) is 1. The molecule has 0 aliphatic heterocycles. The van der Waals surface area contributed by atoms with Crippen LogP contribution in [0.4, 0.5) is 4.39 Å². The van der Waals surface area contributed by atoms with Crippen molar-refractivity contribution in [2.24, 2.45) is 0 Å². The first-order chi connectivity index (χ1) is 7.63. The third-order valence-electron chi connectivity index (χ3n) is 2.21. The zero-order valence-corrected chi connectivity index (χ0v) is 11.2. The summed E-state index contributed by atoms with van der Waals surface area (Å²) in [5.41, 5.74) is 1.05. The standard InChI is InChI=1S/C12H17BrFNO/c1-3-16-9(2)7-15-8-10-4-5-11(14)6-12(10)13/h4-6,9,15H,3,7-8H2,1-2H3. The molecular formula is C12H17BrFNO. The Labute approximate surface area is 104 Å². The van der Waals surface area contributed by atoms with E-state index in [0.29, 0.717) is 6.54 Å². The Morgan fingerprint density at radius 3 is 2.88 bits per heavy atom. The minimum absolute atomic E-state index is 0.198. The SMILES string of the molecule is CCOC(C)CNCc1ccc(F)cc1Br. The van der Waals surface area contributed by atoms with Crippen LogP contribution in [0, 0.1) is 5.82 Å². The van der Waals surface area contributed by atoms with Crippen molar-refractivity contribution in [3.05, 3.63) is 34.1 Å². The van der Waals surface area contributed by atoms with E-state index in [1.165, 1.54) is 12.1 Å². The Balaban J connectivity index is 2.37. The van der Waals surface area contributed by atoms with Crippen LogP contribution in [0.3, 0.4) is 0 Å². The Morgan fingerprint density at radius 2 is 2.25 bits per heavy atom. The second-order valence-corrected chi connectivity index (χ2v) is 4.49. The topological polar surface area (TPSA) is 21.3 Å². The molecule has 0 radical (unpaired) electrons. The monoisotopic (exact) mass is 289 g/mol. The van der Waals surface area contributed by atoms with E-state index in [9.17, 15) is 4.39 Å². The van der Waals surface area contributed by atoms with Gasteiger partial charge in [0.25, 0.3) is 0 Å². The lowest BCUT2D eigenvalue weighted by Crippen LogP contribution is -2.26. The van der Waals surface area contributed by atoms with Crippen molar-refractivity contribution in [3.63, 3.8) is 0 Å². The normalized spacial score (nSPS) is 12.8. The van der Waals surface area contributed by atoms with Crippen molar-refractivity contribution in [1.29, 1.82) is 0 Å². The molecule has 2 nitrogen and oxygen atoms in total. The van der Waals surface area contributed by atoms with Gasteiger partial charge in [0.15, 0.2) is 0 Å². The zero-order valence-electron chi connectivity index (χ0n) is 9.59. The van der Waals surface area contributed by atoms with E-state index in [1.807, 2.05) is 13.8 Å². The fraction of sp³-hybridized carbons (Fsp3) is 0.500. The summed E-state index contributed by atoms with van der Waals surface area (Å²) < 4.78 is 19.0. The van der Waals surface area contributed by atoms with Crippen LogP contribution in [0.2, 0.25) is 0 Å². The van der Waals surface area contributed by atoms with E-state index in [4.69, 9.17) is 4.74 Å². The van der Waals surface area contributed by atoms with Crippen LogP contribution in [0.25, 0.3) is 0 Å². The van der Waals surface area contributed by atoms with Crippen LogP contribution in [-0.2, 0) is 11.3 Å². The van der Waals surface area contributed by atoms with Crippen molar-refractivity contribution >= 4 is 15.9 Å². The molecule has 4 heteroatoms. The number of nitrogens with one attached hydrogen (secondary N) is 1. The van der Waals surface area contributed by atoms with E-state index >= 15 is 0 Å². The van der Waals surface area contributed by atoms with Gasteiger partial charge in [0.2, 0.25) is 0 Å². The summed E-state index contributed by atoms with van der Waals surface area (Å²) in [6.07, 6.45) is 0.198. The number of hydrogen-bond acceptors (Lipinski definition) is 2. The van der Waals surface area contributed by atoms with Gasteiger partial charge >= 0.3 is 0 Å². The summed E-state index contributed by atoms with van der Waals surface area (Å²) in [6.45, 7) is 6.22. The van der Waals surface area contributed by atoms with E-state index in [1.54, 1.807) is 6.07 Å². The minimum Gasteiger partial charge on any atom is -0.377 e. The van der Waals surface area contributed by atoms with Crippen molar-refractivity contribution in [1.82, 2.24) is 5.32 Å². The minimum atomic E-state index is -0.224. The predicted molar refractivity (Wildman–Crippen MR) is 66.9 cm³/mol. The van der Waals surface area contributed by atoms with Gasteiger partial charge in [-0.1, -0.05) is 22.0 Å². The Hall–Kier alpha value is -0.450. The van der Waals surface area contributed by atoms with Crippen LogP contribution < -0.4 is 5.32 Å². The summed E-state index contributed by atoms with van der Waals surface area (Å²) in [4.78, 5) is 0. The van der Waals surface area contributed by atoms with Gasteiger partial charge in [-0.25, -0.2) is 4.39 Å². The van der Waals surface area contributed by atoms with Gasteiger partial charge in [-0.15, -0.1) is 0 Å². The number of ether oxygens (including phenoxy) is 1. The number of halogens is 2. The van der Waals surface area contributed by atoms with Crippen LogP contribution >= 0.6 is 15.9 Å². The molecule has 0 spiro atoms. The summed E-state index contributed by atoms with van der Waals surface area (Å²) >= 11 is 3.33. The third kappa shape index (κ3) is 4.60. The first-order valence-corrected chi connectivity index (χ1v) is 6.19. The van der Waals surface area contributed by atoms with Gasteiger partial charge in [-0.2, -0.15) is 0 Å². The molecular weight excluding hydrogens is 273 g/mol. The van der Waals surface area contributed by atoms with E-state index in [0.717, 1.165) is 23.2 Å². The Morgan fingerprint density at radius 1 is 1.50 bits per heavy atom. The third-order valence-corrected chi connectivity index (χ3v) is 2.95. The highest BCUT2D eigenvalue weighted by molar-refractivity contribution is 9.10. The second kappa shape index (κ2) is 6.99. The first kappa shape index (κ1) is 13.6. The van der Waals surface area contributed by atoms with Gasteiger partial charge in [0.05, 0.1) is 6.10 Å². The van der Waals surface area contributed by atoms with Crippen molar-refractivity contribution < 1.29 is 9.13 Å². The van der Waals surface area contributed by atoms with Gasteiger partial charge in [0, 0.05) is 24.2 Å². The Kier molecular flexibility index (Phi) is 5.95. The molecule has 1 aromatic rings. The molecule has 90 valence electrons. The molecule has 1 unspecified atom stereocenters. The molecule has 0 aliphatic rings. The summed E-state index contributed by atoms with van der Waals surface area (Å²) in [5.74, 6) is -0.224. The van der Waals surface area contributed by atoms with Crippen molar-refractivity contribution in [2.45, 2.75) is 26.5 Å². The highest BCUT2D eigenvalue weighted by Gasteiger charge is 2.03. The molecule has 0 fully saturated rings. The van der Waals surface area contributed by atoms with Crippen LogP contribution in [0.1, 0.15) is 19.4 Å². The molecule has 0 saturated heterocycles. The lowest BCUT2D eigenvalue weighted by atomic mass is 10.2. The van der Waals surface area contributed by atoms with Crippen LogP contribution in [-0.4, -0.2) is 19.3 Å². The summed E-state index contributed by atoms with van der Waals surface area (Å²) in [6, 6.07) is 4.72. The lowest BCUT2D eigenvalue weighted by Gasteiger charge is -2.13. The van der Waals surface area contributed by atoms with Crippen LogP contribution in [0.15, 0.2) is 22.7 Å². The lowest BCUT2D eigenvalue weighted by molar-refractivity contribution is 0.0759.